The molecule has 2 aliphatic rings. The first-order valence-corrected chi connectivity index (χ1v) is 12.7. The molecule has 0 spiro atoms. The zero-order valence-corrected chi connectivity index (χ0v) is 21.8. The summed E-state index contributed by atoms with van der Waals surface area (Å²) >= 11 is 9.34. The first kappa shape index (κ1) is 27.2. The molecule has 4 rings (SSSR count). The molecule has 198 valence electrons. The van der Waals surface area contributed by atoms with Crippen molar-refractivity contribution in [2.75, 3.05) is 32.8 Å². The summed E-state index contributed by atoms with van der Waals surface area (Å²) in [4.78, 5) is 21.7. The summed E-state index contributed by atoms with van der Waals surface area (Å²) < 4.78 is 65.7. The molecule has 1 unspecified atom stereocenters. The molecule has 0 aliphatic carbocycles. The number of rotatable bonds is 10. The van der Waals surface area contributed by atoms with E-state index in [1.165, 1.54) is 0 Å². The Morgan fingerprint density at radius 1 is 1.42 bits per heavy atom. The SMILES string of the molecule is C/C=C\C(COc1c(Cl)c(Br)c(F)c2nc(OC[C@@]34CCCN3C[C@H](F)C4)[nH]c(=O)c12)NCC(F)F. The predicted octanol–water partition coefficient (Wildman–Crippen LogP) is 4.61. The van der Waals surface area contributed by atoms with Gasteiger partial charge in [0.1, 0.15) is 35.3 Å². The molecule has 2 aromatic rings. The van der Waals surface area contributed by atoms with E-state index in [1.807, 2.05) is 4.90 Å². The minimum atomic E-state index is -2.57. The summed E-state index contributed by atoms with van der Waals surface area (Å²) in [7, 11) is 0. The van der Waals surface area contributed by atoms with Crippen LogP contribution >= 0.6 is 27.5 Å². The van der Waals surface area contributed by atoms with E-state index in [0.717, 1.165) is 19.4 Å². The van der Waals surface area contributed by atoms with Crippen molar-refractivity contribution < 1.29 is 27.0 Å². The third-order valence-corrected chi connectivity index (χ3v) is 7.86. The van der Waals surface area contributed by atoms with Gasteiger partial charge in [-0.3, -0.25) is 14.7 Å². The van der Waals surface area contributed by atoms with Gasteiger partial charge in [0, 0.05) is 13.0 Å². The van der Waals surface area contributed by atoms with Crippen LogP contribution in [0.3, 0.4) is 0 Å². The minimum Gasteiger partial charge on any atom is -0.489 e. The maximum Gasteiger partial charge on any atom is 0.297 e. The Hall–Kier alpha value is -1.89. The Kier molecular flexibility index (Phi) is 8.48. The van der Waals surface area contributed by atoms with E-state index in [0.29, 0.717) is 13.0 Å². The molecule has 3 heterocycles. The van der Waals surface area contributed by atoms with Crippen LogP contribution in [0.25, 0.3) is 10.9 Å². The van der Waals surface area contributed by atoms with Crippen LogP contribution in [0.1, 0.15) is 26.2 Å². The van der Waals surface area contributed by atoms with Crippen molar-refractivity contribution in [3.05, 3.63) is 37.8 Å². The molecule has 0 radical (unpaired) electrons. The number of H-pyrrole nitrogens is 1. The Morgan fingerprint density at radius 3 is 2.92 bits per heavy atom. The van der Waals surface area contributed by atoms with Crippen LogP contribution in [0.4, 0.5) is 17.6 Å². The second kappa shape index (κ2) is 11.2. The fourth-order valence-electron chi connectivity index (χ4n) is 4.92. The number of nitrogens with one attached hydrogen (secondary N) is 2. The average Bonchev–Trinajstić information content (AvgIpc) is 3.35. The Morgan fingerprint density at radius 2 is 2.19 bits per heavy atom. The molecule has 2 N–H and O–H groups in total. The molecule has 2 aliphatic heterocycles. The van der Waals surface area contributed by atoms with Gasteiger partial charge in [0.25, 0.3) is 18.0 Å². The van der Waals surface area contributed by atoms with Crippen LogP contribution in [-0.2, 0) is 0 Å². The van der Waals surface area contributed by atoms with Gasteiger partial charge >= 0.3 is 0 Å². The van der Waals surface area contributed by atoms with E-state index in [9.17, 15) is 18.0 Å². The van der Waals surface area contributed by atoms with Gasteiger partial charge in [0.15, 0.2) is 11.6 Å². The lowest BCUT2D eigenvalue weighted by molar-refractivity contribution is 0.107. The zero-order valence-electron chi connectivity index (χ0n) is 19.4. The van der Waals surface area contributed by atoms with E-state index in [2.05, 4.69) is 31.2 Å². The maximum absolute atomic E-state index is 15.1. The lowest BCUT2D eigenvalue weighted by Gasteiger charge is -2.30. The molecule has 0 bridgehead atoms. The van der Waals surface area contributed by atoms with Gasteiger partial charge in [-0.05, 0) is 42.2 Å². The monoisotopic (exact) mass is 596 g/mol. The number of hydrogen-bond donors (Lipinski definition) is 2. The number of aromatic nitrogens is 2. The van der Waals surface area contributed by atoms with Gasteiger partial charge in [-0.25, -0.2) is 17.6 Å². The molecular weight excluding hydrogens is 572 g/mol. The summed E-state index contributed by atoms with van der Waals surface area (Å²) in [6.45, 7) is 2.20. The van der Waals surface area contributed by atoms with Crippen LogP contribution in [0.2, 0.25) is 5.02 Å². The number of alkyl halides is 3. The Labute approximate surface area is 218 Å². The molecule has 3 atom stereocenters. The van der Waals surface area contributed by atoms with Crippen LogP contribution in [0.5, 0.6) is 11.8 Å². The molecule has 2 saturated heterocycles. The first-order chi connectivity index (χ1) is 17.1. The molecule has 7 nitrogen and oxygen atoms in total. The quantitative estimate of drug-likeness (QED) is 0.237. The summed E-state index contributed by atoms with van der Waals surface area (Å²) in [6, 6.07) is -0.826. The van der Waals surface area contributed by atoms with Crippen LogP contribution in [0.15, 0.2) is 21.4 Å². The number of aromatic amines is 1. The predicted molar refractivity (Wildman–Crippen MR) is 132 cm³/mol. The molecule has 36 heavy (non-hydrogen) atoms. The van der Waals surface area contributed by atoms with Crippen LogP contribution in [0, 0.1) is 5.82 Å². The highest BCUT2D eigenvalue weighted by Crippen LogP contribution is 2.42. The van der Waals surface area contributed by atoms with E-state index in [-0.39, 0.29) is 45.4 Å². The molecule has 0 amide bonds. The van der Waals surface area contributed by atoms with Gasteiger partial charge < -0.3 is 14.8 Å². The van der Waals surface area contributed by atoms with Crippen LogP contribution in [-0.4, -0.2) is 71.9 Å². The number of fused-ring (bicyclic) bond motifs is 2. The minimum absolute atomic E-state index is 0.0996. The Balaban J connectivity index is 1.61. The summed E-state index contributed by atoms with van der Waals surface area (Å²) in [5.41, 5.74) is -1.57. The highest BCUT2D eigenvalue weighted by molar-refractivity contribution is 9.10. The number of hydrogen-bond acceptors (Lipinski definition) is 6. The normalized spacial score (nSPS) is 23.2. The standard InChI is InChI=1S/C23H26BrClF4N4O3/c1-2-4-13(30-8-14(27)28)10-35-20-15-19(18(29)16(24)17(20)25)31-22(32-21(15)34)36-11-23-5-3-6-33(23)9-12(26)7-23/h2,4,12-14,30H,3,5-11H2,1H3,(H,31,32,34)/b4-2-/t12-,13?,23+/m1/s1. The highest BCUT2D eigenvalue weighted by atomic mass is 79.9. The van der Waals surface area contributed by atoms with Crippen LogP contribution < -0.4 is 20.3 Å². The van der Waals surface area contributed by atoms with Gasteiger partial charge in [-0.15, -0.1) is 0 Å². The molecule has 13 heteroatoms. The number of ether oxygens (including phenoxy) is 2. The molecule has 1 aromatic heterocycles. The highest BCUT2D eigenvalue weighted by Gasteiger charge is 2.49. The van der Waals surface area contributed by atoms with E-state index < -0.39 is 42.1 Å². The Bertz CT molecular complexity index is 1200. The van der Waals surface area contributed by atoms with Gasteiger partial charge in [0.2, 0.25) is 0 Å². The van der Waals surface area contributed by atoms with Gasteiger partial charge in [-0.1, -0.05) is 23.8 Å². The zero-order chi connectivity index (χ0) is 26.0. The van der Waals surface area contributed by atoms with Gasteiger partial charge in [0.05, 0.1) is 22.6 Å². The van der Waals surface area contributed by atoms with Crippen molar-refractivity contribution in [2.45, 2.75) is 50.4 Å². The molecule has 1 aromatic carbocycles. The maximum atomic E-state index is 15.1. The smallest absolute Gasteiger partial charge is 0.297 e. The summed E-state index contributed by atoms with van der Waals surface area (Å²) in [5.74, 6) is -1.03. The lowest BCUT2D eigenvalue weighted by atomic mass is 9.95. The first-order valence-electron chi connectivity index (χ1n) is 11.5. The number of halogens is 6. The van der Waals surface area contributed by atoms with Gasteiger partial charge in [-0.2, -0.15) is 4.98 Å². The van der Waals surface area contributed by atoms with Crippen molar-refractivity contribution in [3.63, 3.8) is 0 Å². The number of nitrogens with zero attached hydrogens (tertiary/aromatic N) is 2. The third-order valence-electron chi connectivity index (χ3n) is 6.52. The topological polar surface area (TPSA) is 79.5 Å². The second-order valence-electron chi connectivity index (χ2n) is 8.97. The van der Waals surface area contributed by atoms with Crippen molar-refractivity contribution in [1.82, 2.24) is 20.2 Å². The second-order valence-corrected chi connectivity index (χ2v) is 10.1. The number of benzene rings is 1. The molecular formula is C23H26BrClF4N4O3. The lowest BCUT2D eigenvalue weighted by Crippen LogP contribution is -2.43. The van der Waals surface area contributed by atoms with Crippen molar-refractivity contribution in [2.24, 2.45) is 0 Å². The summed E-state index contributed by atoms with van der Waals surface area (Å²) in [6.07, 6.45) is 1.75. The fourth-order valence-corrected chi connectivity index (χ4v) is 5.52. The van der Waals surface area contributed by atoms with E-state index in [4.69, 9.17) is 21.1 Å². The number of allylic oxidation sites excluding steroid dienone is 1. The average molecular weight is 598 g/mol. The molecule has 2 fully saturated rings. The van der Waals surface area contributed by atoms with E-state index in [1.54, 1.807) is 19.1 Å². The largest absolute Gasteiger partial charge is 0.489 e. The fraction of sp³-hybridized carbons (Fsp3) is 0.565. The van der Waals surface area contributed by atoms with Crippen molar-refractivity contribution in [3.8, 4) is 11.8 Å². The summed E-state index contributed by atoms with van der Waals surface area (Å²) in [5, 5.41) is 2.19. The van der Waals surface area contributed by atoms with E-state index >= 15 is 4.39 Å². The van der Waals surface area contributed by atoms with Crippen molar-refractivity contribution in [1.29, 1.82) is 0 Å². The molecule has 0 saturated carbocycles. The van der Waals surface area contributed by atoms with Crippen molar-refractivity contribution >= 4 is 38.4 Å². The third kappa shape index (κ3) is 5.51.